The van der Waals surface area contributed by atoms with Crippen LogP contribution >= 0.6 is 0 Å². The third-order valence-electron chi connectivity index (χ3n) is 5.89. The van der Waals surface area contributed by atoms with E-state index in [1.54, 1.807) is 4.68 Å². The number of aryl methyl sites for hydroxylation is 1. The highest BCUT2D eigenvalue weighted by Gasteiger charge is 2.09. The highest BCUT2D eigenvalue weighted by Crippen LogP contribution is 2.28. The molecule has 36 heavy (non-hydrogen) atoms. The molecule has 3 N–H and O–H groups in total. The number of hydrogen-bond donors (Lipinski definition) is 3. The Morgan fingerprint density at radius 2 is 1.64 bits per heavy atom. The molecule has 8 heteroatoms. The Labute approximate surface area is 209 Å². The summed E-state index contributed by atoms with van der Waals surface area (Å²) in [5, 5.41) is 14.3. The Morgan fingerprint density at radius 3 is 2.39 bits per heavy atom. The number of benzene rings is 3. The summed E-state index contributed by atoms with van der Waals surface area (Å²) in [7, 11) is 1.89. The molecule has 0 saturated carbocycles. The number of carbonyl (C=O) groups excluding carboxylic acids is 1. The minimum atomic E-state index is -0.306. The van der Waals surface area contributed by atoms with Crippen LogP contribution in [0.25, 0.3) is 22.0 Å². The van der Waals surface area contributed by atoms with Crippen LogP contribution in [0.15, 0.2) is 85.5 Å². The van der Waals surface area contributed by atoms with Crippen LogP contribution in [0.4, 0.5) is 27.7 Å². The van der Waals surface area contributed by atoms with E-state index in [0.29, 0.717) is 17.4 Å². The van der Waals surface area contributed by atoms with Gasteiger partial charge in [-0.15, -0.1) is 0 Å². The van der Waals surface area contributed by atoms with Crippen molar-refractivity contribution < 1.29 is 4.79 Å². The van der Waals surface area contributed by atoms with Crippen molar-refractivity contribution in [2.75, 3.05) is 16.0 Å². The standard InChI is InChI=1S/C28H27N7O/c1-18(2)19-7-10-22(11-8-19)33-28(36)34-24-6-4-5-23(14-24)32-27-25-12-9-20(13-26(25)29-17-30-27)21-15-31-35(3)16-21/h4-18H,1-3H3,(H,29,30,32)(H2,33,34,36). The minimum absolute atomic E-state index is 0.306. The molecule has 0 aliphatic heterocycles. The molecule has 2 heterocycles. The quantitative estimate of drug-likeness (QED) is 0.258. The van der Waals surface area contributed by atoms with Crippen LogP contribution in [-0.2, 0) is 7.05 Å². The van der Waals surface area contributed by atoms with Crippen molar-refractivity contribution in [3.63, 3.8) is 0 Å². The zero-order chi connectivity index (χ0) is 25.1. The van der Waals surface area contributed by atoms with Crippen molar-refractivity contribution >= 4 is 39.8 Å². The maximum absolute atomic E-state index is 12.5. The van der Waals surface area contributed by atoms with E-state index < -0.39 is 0 Å². The predicted molar refractivity (Wildman–Crippen MR) is 145 cm³/mol. The fourth-order valence-corrected chi connectivity index (χ4v) is 3.96. The van der Waals surface area contributed by atoms with Crippen LogP contribution in [0, 0.1) is 0 Å². The largest absolute Gasteiger partial charge is 0.340 e. The first-order valence-electron chi connectivity index (χ1n) is 11.7. The molecule has 5 aromatic rings. The molecule has 0 atom stereocenters. The van der Waals surface area contributed by atoms with E-state index in [1.807, 2.05) is 86.2 Å². The van der Waals surface area contributed by atoms with E-state index in [-0.39, 0.29) is 6.03 Å². The fraction of sp³-hybridized carbons (Fsp3) is 0.143. The summed E-state index contributed by atoms with van der Waals surface area (Å²) in [4.78, 5) is 21.4. The van der Waals surface area contributed by atoms with E-state index in [9.17, 15) is 4.79 Å². The van der Waals surface area contributed by atoms with Gasteiger partial charge in [0.1, 0.15) is 12.1 Å². The SMILES string of the molecule is CC(C)c1ccc(NC(=O)Nc2cccc(Nc3ncnc4cc(-c5cnn(C)c5)ccc34)c2)cc1. The molecule has 0 bridgehead atoms. The van der Waals surface area contributed by atoms with Gasteiger partial charge in [0.05, 0.1) is 11.7 Å². The summed E-state index contributed by atoms with van der Waals surface area (Å²) in [5.41, 5.74) is 6.32. The molecule has 2 aromatic heterocycles. The molecule has 0 saturated heterocycles. The normalized spacial score (nSPS) is 11.0. The molecular formula is C28H27N7O. The Bertz CT molecular complexity index is 1520. The molecule has 5 rings (SSSR count). The molecule has 0 radical (unpaired) electrons. The van der Waals surface area contributed by atoms with Gasteiger partial charge in [-0.2, -0.15) is 5.10 Å². The number of rotatable bonds is 6. The van der Waals surface area contributed by atoms with Gasteiger partial charge in [-0.05, 0) is 59.5 Å². The second kappa shape index (κ2) is 9.87. The lowest BCUT2D eigenvalue weighted by atomic mass is 10.0. The first-order valence-corrected chi connectivity index (χ1v) is 11.7. The summed E-state index contributed by atoms with van der Waals surface area (Å²) in [5.74, 6) is 1.13. The lowest BCUT2D eigenvalue weighted by Gasteiger charge is -2.12. The van der Waals surface area contributed by atoms with Crippen molar-refractivity contribution in [3.8, 4) is 11.1 Å². The van der Waals surface area contributed by atoms with E-state index in [0.717, 1.165) is 33.4 Å². The molecule has 180 valence electrons. The molecule has 2 amide bonds. The average molecular weight is 478 g/mol. The summed E-state index contributed by atoms with van der Waals surface area (Å²) in [6.07, 6.45) is 5.34. The molecule has 0 aliphatic carbocycles. The predicted octanol–water partition coefficient (Wildman–Crippen LogP) is 6.54. The van der Waals surface area contributed by atoms with Crippen LogP contribution < -0.4 is 16.0 Å². The maximum atomic E-state index is 12.5. The summed E-state index contributed by atoms with van der Waals surface area (Å²) < 4.78 is 1.77. The smallest absolute Gasteiger partial charge is 0.323 e. The van der Waals surface area contributed by atoms with Crippen LogP contribution in [0.5, 0.6) is 0 Å². The average Bonchev–Trinajstić information content (AvgIpc) is 3.31. The number of hydrogen-bond acceptors (Lipinski definition) is 5. The van der Waals surface area contributed by atoms with Crippen LogP contribution in [0.1, 0.15) is 25.3 Å². The molecule has 8 nitrogen and oxygen atoms in total. The van der Waals surface area contributed by atoms with Gasteiger partial charge in [0.25, 0.3) is 0 Å². The lowest BCUT2D eigenvalue weighted by Crippen LogP contribution is -2.19. The van der Waals surface area contributed by atoms with Crippen molar-refractivity contribution in [1.82, 2.24) is 19.7 Å². The van der Waals surface area contributed by atoms with Gasteiger partial charge in [0.15, 0.2) is 0 Å². The fourth-order valence-electron chi connectivity index (χ4n) is 3.96. The number of anilines is 4. The highest BCUT2D eigenvalue weighted by molar-refractivity contribution is 6.00. The van der Waals surface area contributed by atoms with Gasteiger partial charge in [-0.25, -0.2) is 14.8 Å². The Kier molecular flexibility index (Phi) is 6.32. The molecule has 0 fully saturated rings. The number of urea groups is 1. The van der Waals surface area contributed by atoms with Crippen molar-refractivity contribution in [2.45, 2.75) is 19.8 Å². The monoisotopic (exact) mass is 477 g/mol. The Balaban J connectivity index is 1.30. The minimum Gasteiger partial charge on any atom is -0.340 e. The zero-order valence-electron chi connectivity index (χ0n) is 20.4. The summed E-state index contributed by atoms with van der Waals surface area (Å²) in [6, 6.07) is 21.1. The summed E-state index contributed by atoms with van der Waals surface area (Å²) >= 11 is 0. The van der Waals surface area contributed by atoms with E-state index >= 15 is 0 Å². The van der Waals surface area contributed by atoms with Crippen LogP contribution in [-0.4, -0.2) is 25.8 Å². The van der Waals surface area contributed by atoms with Gasteiger partial charge in [-0.1, -0.05) is 38.1 Å². The lowest BCUT2D eigenvalue weighted by molar-refractivity contribution is 0.262. The molecule has 0 spiro atoms. The van der Waals surface area contributed by atoms with Gasteiger partial charge in [-0.3, -0.25) is 4.68 Å². The van der Waals surface area contributed by atoms with Gasteiger partial charge in [0, 0.05) is 41.3 Å². The maximum Gasteiger partial charge on any atom is 0.323 e. The Morgan fingerprint density at radius 1 is 0.861 bits per heavy atom. The highest BCUT2D eigenvalue weighted by atomic mass is 16.2. The molecule has 3 aromatic carbocycles. The van der Waals surface area contributed by atoms with Crippen molar-refractivity contribution in [1.29, 1.82) is 0 Å². The van der Waals surface area contributed by atoms with E-state index in [4.69, 9.17) is 0 Å². The molecule has 0 aliphatic rings. The second-order valence-electron chi connectivity index (χ2n) is 8.92. The first-order chi connectivity index (χ1) is 17.4. The van der Waals surface area contributed by atoms with Gasteiger partial charge >= 0.3 is 6.03 Å². The topological polar surface area (TPSA) is 96.8 Å². The number of nitrogens with zero attached hydrogens (tertiary/aromatic N) is 4. The number of carbonyl (C=O) groups is 1. The third kappa shape index (κ3) is 5.17. The number of fused-ring (bicyclic) bond motifs is 1. The van der Waals surface area contributed by atoms with Crippen molar-refractivity contribution in [2.24, 2.45) is 7.05 Å². The van der Waals surface area contributed by atoms with Crippen LogP contribution in [0.2, 0.25) is 0 Å². The third-order valence-corrected chi connectivity index (χ3v) is 5.89. The summed E-state index contributed by atoms with van der Waals surface area (Å²) in [6.45, 7) is 4.28. The number of amides is 2. The zero-order valence-corrected chi connectivity index (χ0v) is 20.4. The first kappa shape index (κ1) is 23.0. The van der Waals surface area contributed by atoms with Gasteiger partial charge in [0.2, 0.25) is 0 Å². The number of aromatic nitrogens is 4. The van der Waals surface area contributed by atoms with Gasteiger partial charge < -0.3 is 16.0 Å². The van der Waals surface area contributed by atoms with Crippen LogP contribution in [0.3, 0.4) is 0 Å². The molecular weight excluding hydrogens is 450 g/mol. The van der Waals surface area contributed by atoms with Crippen molar-refractivity contribution in [3.05, 3.63) is 91.0 Å². The van der Waals surface area contributed by atoms with E-state index in [2.05, 4.69) is 44.9 Å². The second-order valence-corrected chi connectivity index (χ2v) is 8.92. The Hall–Kier alpha value is -4.72. The molecule has 0 unspecified atom stereocenters. The number of nitrogens with one attached hydrogen (secondary N) is 3. The van der Waals surface area contributed by atoms with E-state index in [1.165, 1.54) is 11.9 Å².